The van der Waals surface area contributed by atoms with Gasteiger partial charge in [-0.3, -0.25) is 0 Å². The first kappa shape index (κ1) is 14.9. The Morgan fingerprint density at radius 1 is 1.25 bits per heavy atom. The van der Waals surface area contributed by atoms with Gasteiger partial charge >= 0.3 is 12.1 Å². The van der Waals surface area contributed by atoms with Crippen LogP contribution >= 0.6 is 0 Å². The van der Waals surface area contributed by atoms with E-state index in [2.05, 4.69) is 0 Å². The molecule has 0 saturated carbocycles. The zero-order valence-corrected chi connectivity index (χ0v) is 12.4. The Labute approximate surface area is 119 Å². The Morgan fingerprint density at radius 3 is 2.25 bits per heavy atom. The Bertz CT molecular complexity index is 420. The summed E-state index contributed by atoms with van der Waals surface area (Å²) in [6.45, 7) is 5.58. The quantitative estimate of drug-likeness (QED) is 0.750. The van der Waals surface area contributed by atoms with Crippen LogP contribution in [-0.2, 0) is 9.53 Å². The highest BCUT2D eigenvalue weighted by Crippen LogP contribution is 2.37. The first-order valence-corrected chi connectivity index (χ1v) is 7.20. The van der Waals surface area contributed by atoms with E-state index >= 15 is 0 Å². The standard InChI is InChI=1S/C15H23NO4/c1-15(2,3)20-14(19)16-11-5-4-6-12(16)8-10(7-11)9-13(17)18/h9,11-12H,4-8H2,1-3H3,(H,17,18). The van der Waals surface area contributed by atoms with E-state index in [0.29, 0.717) is 12.8 Å². The number of carboxylic acid groups (broad SMARTS) is 1. The molecule has 0 spiro atoms. The number of carbonyl (C=O) groups is 2. The monoisotopic (exact) mass is 281 g/mol. The Kier molecular flexibility index (Phi) is 4.06. The molecule has 2 unspecified atom stereocenters. The van der Waals surface area contributed by atoms with Crippen LogP contribution in [0.25, 0.3) is 0 Å². The lowest BCUT2D eigenvalue weighted by molar-refractivity contribution is -0.131. The number of hydrogen-bond acceptors (Lipinski definition) is 3. The third-order valence-electron chi connectivity index (χ3n) is 3.79. The largest absolute Gasteiger partial charge is 0.478 e. The molecule has 2 fully saturated rings. The summed E-state index contributed by atoms with van der Waals surface area (Å²) in [5.41, 5.74) is 0.440. The smallest absolute Gasteiger partial charge is 0.410 e. The fourth-order valence-electron chi connectivity index (χ4n) is 3.16. The third kappa shape index (κ3) is 3.52. The second kappa shape index (κ2) is 5.46. The number of aliphatic carboxylic acids is 1. The predicted molar refractivity (Wildman–Crippen MR) is 74.5 cm³/mol. The van der Waals surface area contributed by atoms with E-state index in [1.807, 2.05) is 25.7 Å². The van der Waals surface area contributed by atoms with Crippen molar-refractivity contribution in [1.82, 2.24) is 4.90 Å². The normalized spacial score (nSPS) is 26.1. The highest BCUT2D eigenvalue weighted by atomic mass is 16.6. The Balaban J connectivity index is 2.13. The van der Waals surface area contributed by atoms with E-state index in [0.717, 1.165) is 24.8 Å². The minimum Gasteiger partial charge on any atom is -0.478 e. The summed E-state index contributed by atoms with van der Waals surface area (Å²) in [5.74, 6) is -0.899. The molecule has 1 amide bonds. The van der Waals surface area contributed by atoms with Gasteiger partial charge in [-0.1, -0.05) is 5.57 Å². The average molecular weight is 281 g/mol. The maximum atomic E-state index is 12.3. The van der Waals surface area contributed by atoms with E-state index in [9.17, 15) is 9.59 Å². The molecule has 0 aliphatic carbocycles. The first-order valence-electron chi connectivity index (χ1n) is 7.20. The molecule has 0 radical (unpaired) electrons. The van der Waals surface area contributed by atoms with Crippen LogP contribution in [0.1, 0.15) is 52.9 Å². The lowest BCUT2D eigenvalue weighted by Gasteiger charge is -2.46. The molecule has 2 rings (SSSR count). The summed E-state index contributed by atoms with van der Waals surface area (Å²) in [5, 5.41) is 8.88. The minimum atomic E-state index is -0.899. The minimum absolute atomic E-state index is 0.0861. The molecule has 5 nitrogen and oxygen atoms in total. The van der Waals surface area contributed by atoms with E-state index in [4.69, 9.17) is 9.84 Å². The van der Waals surface area contributed by atoms with Crippen molar-refractivity contribution in [3.05, 3.63) is 11.6 Å². The second-order valence-corrected chi connectivity index (χ2v) is 6.68. The SMILES string of the molecule is CC(C)(C)OC(=O)N1C2CCCC1CC(=CC(=O)O)C2. The molecule has 2 aliphatic rings. The van der Waals surface area contributed by atoms with Crippen molar-refractivity contribution in [2.75, 3.05) is 0 Å². The van der Waals surface area contributed by atoms with Gasteiger partial charge in [0.1, 0.15) is 5.60 Å². The van der Waals surface area contributed by atoms with Crippen LogP contribution in [0.2, 0.25) is 0 Å². The van der Waals surface area contributed by atoms with Crippen molar-refractivity contribution in [1.29, 1.82) is 0 Å². The van der Waals surface area contributed by atoms with E-state index in [1.54, 1.807) is 0 Å². The number of carbonyl (C=O) groups excluding carboxylic acids is 1. The number of ether oxygens (including phenoxy) is 1. The summed E-state index contributed by atoms with van der Waals surface area (Å²) < 4.78 is 5.48. The van der Waals surface area contributed by atoms with Crippen molar-refractivity contribution in [2.45, 2.75) is 70.6 Å². The lowest BCUT2D eigenvalue weighted by atomic mass is 9.82. The zero-order valence-electron chi connectivity index (χ0n) is 12.4. The topological polar surface area (TPSA) is 66.8 Å². The van der Waals surface area contributed by atoms with Gasteiger partial charge in [-0.2, -0.15) is 0 Å². The highest BCUT2D eigenvalue weighted by Gasteiger charge is 2.40. The molecule has 2 bridgehead atoms. The van der Waals surface area contributed by atoms with Gasteiger partial charge in [0.25, 0.3) is 0 Å². The highest BCUT2D eigenvalue weighted by molar-refractivity contribution is 5.81. The number of amides is 1. The van der Waals surface area contributed by atoms with Crippen molar-refractivity contribution in [2.24, 2.45) is 0 Å². The van der Waals surface area contributed by atoms with Crippen LogP contribution in [0.15, 0.2) is 11.6 Å². The summed E-state index contributed by atoms with van der Waals surface area (Å²) in [7, 11) is 0. The van der Waals surface area contributed by atoms with E-state index < -0.39 is 11.6 Å². The second-order valence-electron chi connectivity index (χ2n) is 6.68. The van der Waals surface area contributed by atoms with E-state index in [-0.39, 0.29) is 18.2 Å². The first-order chi connectivity index (χ1) is 9.26. The number of rotatable bonds is 1. The Morgan fingerprint density at radius 2 is 1.80 bits per heavy atom. The molecule has 0 aromatic carbocycles. The number of nitrogens with zero attached hydrogens (tertiary/aromatic N) is 1. The number of piperidine rings is 2. The Hall–Kier alpha value is -1.52. The van der Waals surface area contributed by atoms with Crippen molar-refractivity contribution >= 4 is 12.1 Å². The van der Waals surface area contributed by atoms with Crippen LogP contribution in [0.5, 0.6) is 0 Å². The number of carboxylic acids is 1. The van der Waals surface area contributed by atoms with Crippen molar-refractivity contribution in [3.8, 4) is 0 Å². The van der Waals surface area contributed by atoms with E-state index in [1.165, 1.54) is 6.08 Å². The number of hydrogen-bond donors (Lipinski definition) is 1. The van der Waals surface area contributed by atoms with Crippen LogP contribution < -0.4 is 0 Å². The van der Waals surface area contributed by atoms with Gasteiger partial charge < -0.3 is 14.7 Å². The van der Waals surface area contributed by atoms with Crippen molar-refractivity contribution in [3.63, 3.8) is 0 Å². The molecule has 2 atom stereocenters. The molecule has 112 valence electrons. The van der Waals surface area contributed by atoms with Crippen LogP contribution in [-0.4, -0.2) is 39.8 Å². The molecule has 0 aromatic heterocycles. The summed E-state index contributed by atoms with van der Waals surface area (Å²) in [6, 6.07) is 0.172. The van der Waals surface area contributed by atoms with Gasteiger partial charge in [0.05, 0.1) is 0 Å². The average Bonchev–Trinajstić information content (AvgIpc) is 2.24. The lowest BCUT2D eigenvalue weighted by Crippen LogP contribution is -2.54. The molecular weight excluding hydrogens is 258 g/mol. The maximum Gasteiger partial charge on any atom is 0.410 e. The van der Waals surface area contributed by atoms with Gasteiger partial charge in [0.15, 0.2) is 0 Å². The molecule has 5 heteroatoms. The molecule has 0 aromatic rings. The maximum absolute atomic E-state index is 12.3. The molecule has 2 saturated heterocycles. The molecule has 2 aliphatic heterocycles. The summed E-state index contributed by atoms with van der Waals surface area (Å²) in [6.07, 6.45) is 5.29. The van der Waals surface area contributed by atoms with Gasteiger partial charge in [-0.05, 0) is 52.9 Å². The van der Waals surface area contributed by atoms with Crippen LogP contribution in [0, 0.1) is 0 Å². The van der Waals surface area contributed by atoms with Gasteiger partial charge in [0.2, 0.25) is 0 Å². The zero-order chi connectivity index (χ0) is 14.9. The summed E-state index contributed by atoms with van der Waals surface area (Å²) in [4.78, 5) is 25.0. The molecular formula is C15H23NO4. The van der Waals surface area contributed by atoms with Gasteiger partial charge in [-0.15, -0.1) is 0 Å². The number of fused-ring (bicyclic) bond motifs is 2. The van der Waals surface area contributed by atoms with Gasteiger partial charge in [-0.25, -0.2) is 9.59 Å². The predicted octanol–water partition coefficient (Wildman–Crippen LogP) is 2.95. The van der Waals surface area contributed by atoms with Crippen LogP contribution in [0.3, 0.4) is 0 Å². The summed E-state index contributed by atoms with van der Waals surface area (Å²) >= 11 is 0. The third-order valence-corrected chi connectivity index (χ3v) is 3.79. The fraction of sp³-hybridized carbons (Fsp3) is 0.733. The molecule has 2 heterocycles. The molecule has 20 heavy (non-hydrogen) atoms. The molecule has 1 N–H and O–H groups in total. The van der Waals surface area contributed by atoms with Crippen molar-refractivity contribution < 1.29 is 19.4 Å². The van der Waals surface area contributed by atoms with Crippen LogP contribution in [0.4, 0.5) is 4.79 Å². The fourth-order valence-corrected chi connectivity index (χ4v) is 3.16. The van der Waals surface area contributed by atoms with Gasteiger partial charge in [0, 0.05) is 18.2 Å².